The van der Waals surface area contributed by atoms with E-state index in [0.29, 0.717) is 6.61 Å². The standard InChI is InChI=1S/C15H28N4O/c1-13(2)8-16-9-14-4-5-18(11-14)15-10-17-19(12-15)6-7-20-3/h10,12-14,16H,4-9,11H2,1-3H3. The zero-order chi connectivity index (χ0) is 14.4. The Labute approximate surface area is 122 Å². The molecule has 1 aromatic rings. The molecule has 0 radical (unpaired) electrons. The van der Waals surface area contributed by atoms with Crippen molar-refractivity contribution in [1.82, 2.24) is 15.1 Å². The van der Waals surface area contributed by atoms with Crippen LogP contribution in [0, 0.1) is 11.8 Å². The Kier molecular flexibility index (Phi) is 5.86. The number of anilines is 1. The lowest BCUT2D eigenvalue weighted by Crippen LogP contribution is -2.28. The predicted molar refractivity (Wildman–Crippen MR) is 82.1 cm³/mol. The fraction of sp³-hybridized carbons (Fsp3) is 0.800. The summed E-state index contributed by atoms with van der Waals surface area (Å²) in [7, 11) is 1.72. The molecule has 5 heteroatoms. The second kappa shape index (κ2) is 7.64. The summed E-state index contributed by atoms with van der Waals surface area (Å²) >= 11 is 0. The number of hydrogen-bond donors (Lipinski definition) is 1. The molecule has 114 valence electrons. The van der Waals surface area contributed by atoms with Gasteiger partial charge >= 0.3 is 0 Å². The van der Waals surface area contributed by atoms with Crippen molar-refractivity contribution < 1.29 is 4.74 Å². The van der Waals surface area contributed by atoms with Crippen LogP contribution in [0.5, 0.6) is 0 Å². The molecule has 1 saturated heterocycles. The van der Waals surface area contributed by atoms with Gasteiger partial charge in [0, 0.05) is 26.4 Å². The summed E-state index contributed by atoms with van der Waals surface area (Å²) in [6.07, 6.45) is 5.37. The van der Waals surface area contributed by atoms with Crippen LogP contribution in [-0.2, 0) is 11.3 Å². The lowest BCUT2D eigenvalue weighted by atomic mass is 10.1. The van der Waals surface area contributed by atoms with Crippen LogP contribution in [-0.4, -0.2) is 49.7 Å². The quantitative estimate of drug-likeness (QED) is 0.785. The van der Waals surface area contributed by atoms with Crippen molar-refractivity contribution in [2.75, 3.05) is 44.8 Å². The summed E-state index contributed by atoms with van der Waals surface area (Å²) in [6.45, 7) is 10.6. The minimum atomic E-state index is 0.711. The van der Waals surface area contributed by atoms with Gasteiger partial charge in [-0.3, -0.25) is 4.68 Å². The first-order chi connectivity index (χ1) is 9.69. The van der Waals surface area contributed by atoms with E-state index in [2.05, 4.69) is 35.4 Å². The second-order valence-electron chi connectivity index (χ2n) is 6.11. The molecule has 1 unspecified atom stereocenters. The van der Waals surface area contributed by atoms with Crippen LogP contribution < -0.4 is 10.2 Å². The van der Waals surface area contributed by atoms with Crippen molar-refractivity contribution in [1.29, 1.82) is 0 Å². The second-order valence-corrected chi connectivity index (χ2v) is 6.11. The molecule has 1 aliphatic heterocycles. The van der Waals surface area contributed by atoms with E-state index in [4.69, 9.17) is 4.74 Å². The number of nitrogens with zero attached hydrogens (tertiary/aromatic N) is 3. The Morgan fingerprint density at radius 1 is 1.50 bits per heavy atom. The topological polar surface area (TPSA) is 42.3 Å². The SMILES string of the molecule is COCCn1cc(N2CCC(CNCC(C)C)C2)cn1. The molecule has 1 N–H and O–H groups in total. The molecular weight excluding hydrogens is 252 g/mol. The minimum Gasteiger partial charge on any atom is -0.383 e. The van der Waals surface area contributed by atoms with Gasteiger partial charge in [0.15, 0.2) is 0 Å². The molecule has 5 nitrogen and oxygen atoms in total. The van der Waals surface area contributed by atoms with Crippen molar-refractivity contribution in [2.24, 2.45) is 11.8 Å². The summed E-state index contributed by atoms with van der Waals surface area (Å²) in [5, 5.41) is 7.96. The molecule has 1 aliphatic rings. The van der Waals surface area contributed by atoms with E-state index in [9.17, 15) is 0 Å². The summed E-state index contributed by atoms with van der Waals surface area (Å²) < 4.78 is 7.04. The van der Waals surface area contributed by atoms with E-state index >= 15 is 0 Å². The summed E-state index contributed by atoms with van der Waals surface area (Å²) in [4.78, 5) is 2.44. The van der Waals surface area contributed by atoms with Gasteiger partial charge in [0.2, 0.25) is 0 Å². The summed E-state index contributed by atoms with van der Waals surface area (Å²) in [5.41, 5.74) is 1.24. The van der Waals surface area contributed by atoms with Gasteiger partial charge in [-0.15, -0.1) is 0 Å². The van der Waals surface area contributed by atoms with Crippen molar-refractivity contribution in [3.8, 4) is 0 Å². The Morgan fingerprint density at radius 3 is 3.10 bits per heavy atom. The lowest BCUT2D eigenvalue weighted by Gasteiger charge is -2.17. The molecular formula is C15H28N4O. The van der Waals surface area contributed by atoms with Gasteiger partial charge in [0.05, 0.1) is 25.0 Å². The fourth-order valence-electron chi connectivity index (χ4n) is 2.63. The van der Waals surface area contributed by atoms with E-state index in [1.54, 1.807) is 7.11 Å². The first-order valence-corrected chi connectivity index (χ1v) is 7.66. The molecule has 0 saturated carbocycles. The van der Waals surface area contributed by atoms with Crippen molar-refractivity contribution in [3.63, 3.8) is 0 Å². The number of rotatable bonds is 8. The molecule has 0 amide bonds. The number of methoxy groups -OCH3 is 1. The van der Waals surface area contributed by atoms with E-state index in [-0.39, 0.29) is 0 Å². The number of hydrogen-bond acceptors (Lipinski definition) is 4. The van der Waals surface area contributed by atoms with Crippen LogP contribution in [0.25, 0.3) is 0 Å². The average Bonchev–Trinajstić information content (AvgIpc) is 3.04. The first-order valence-electron chi connectivity index (χ1n) is 7.66. The van der Waals surface area contributed by atoms with Gasteiger partial charge in [0.1, 0.15) is 0 Å². The van der Waals surface area contributed by atoms with Crippen LogP contribution in [0.4, 0.5) is 5.69 Å². The van der Waals surface area contributed by atoms with Crippen molar-refractivity contribution >= 4 is 5.69 Å². The number of aromatic nitrogens is 2. The molecule has 0 spiro atoms. The zero-order valence-electron chi connectivity index (χ0n) is 13.0. The maximum absolute atomic E-state index is 5.08. The Balaban J connectivity index is 1.75. The third-order valence-corrected chi connectivity index (χ3v) is 3.78. The molecule has 0 aromatic carbocycles. The Hall–Kier alpha value is -1.07. The Morgan fingerprint density at radius 2 is 2.35 bits per heavy atom. The Bertz CT molecular complexity index is 391. The lowest BCUT2D eigenvalue weighted by molar-refractivity contribution is 0.183. The van der Waals surface area contributed by atoms with Gasteiger partial charge in [-0.05, 0) is 31.3 Å². The van der Waals surface area contributed by atoms with Crippen LogP contribution in [0.15, 0.2) is 12.4 Å². The zero-order valence-corrected chi connectivity index (χ0v) is 13.0. The fourth-order valence-corrected chi connectivity index (χ4v) is 2.63. The molecule has 0 bridgehead atoms. The van der Waals surface area contributed by atoms with Crippen molar-refractivity contribution in [3.05, 3.63) is 12.4 Å². The molecule has 0 aliphatic carbocycles. The maximum atomic E-state index is 5.08. The van der Waals surface area contributed by atoms with E-state index in [1.165, 1.54) is 12.1 Å². The molecule has 20 heavy (non-hydrogen) atoms. The predicted octanol–water partition coefficient (Wildman–Crippen LogP) is 1.60. The normalized spacial score (nSPS) is 19.2. The van der Waals surface area contributed by atoms with Crippen LogP contribution in [0.1, 0.15) is 20.3 Å². The highest BCUT2D eigenvalue weighted by Gasteiger charge is 2.23. The molecule has 2 rings (SSSR count). The first kappa shape index (κ1) is 15.3. The molecule has 1 atom stereocenters. The monoisotopic (exact) mass is 280 g/mol. The van der Waals surface area contributed by atoms with Crippen LogP contribution in [0.3, 0.4) is 0 Å². The summed E-state index contributed by atoms with van der Waals surface area (Å²) in [6, 6.07) is 0. The largest absolute Gasteiger partial charge is 0.383 e. The highest BCUT2D eigenvalue weighted by molar-refractivity contribution is 5.43. The average molecular weight is 280 g/mol. The van der Waals surface area contributed by atoms with E-state index in [0.717, 1.165) is 44.6 Å². The third-order valence-electron chi connectivity index (χ3n) is 3.78. The molecule has 2 heterocycles. The van der Waals surface area contributed by atoms with Crippen LogP contribution >= 0.6 is 0 Å². The maximum Gasteiger partial charge on any atom is 0.0752 e. The van der Waals surface area contributed by atoms with E-state index in [1.807, 2.05) is 10.9 Å². The third kappa shape index (κ3) is 4.49. The molecule has 1 fully saturated rings. The van der Waals surface area contributed by atoms with E-state index < -0.39 is 0 Å². The number of ether oxygens (including phenoxy) is 1. The van der Waals surface area contributed by atoms with Gasteiger partial charge in [-0.1, -0.05) is 13.8 Å². The smallest absolute Gasteiger partial charge is 0.0752 e. The summed E-state index contributed by atoms with van der Waals surface area (Å²) in [5.74, 6) is 1.49. The van der Waals surface area contributed by atoms with Gasteiger partial charge in [-0.25, -0.2) is 0 Å². The highest BCUT2D eigenvalue weighted by atomic mass is 16.5. The molecule has 1 aromatic heterocycles. The van der Waals surface area contributed by atoms with Gasteiger partial charge < -0.3 is 15.0 Å². The minimum absolute atomic E-state index is 0.711. The number of nitrogens with one attached hydrogen (secondary N) is 1. The highest BCUT2D eigenvalue weighted by Crippen LogP contribution is 2.22. The van der Waals surface area contributed by atoms with Gasteiger partial charge in [0.25, 0.3) is 0 Å². The van der Waals surface area contributed by atoms with Crippen molar-refractivity contribution in [2.45, 2.75) is 26.8 Å². The van der Waals surface area contributed by atoms with Crippen LogP contribution in [0.2, 0.25) is 0 Å². The van der Waals surface area contributed by atoms with Gasteiger partial charge in [-0.2, -0.15) is 5.10 Å².